The molecule has 1 fully saturated rings. The minimum absolute atomic E-state index is 0.0642. The van der Waals surface area contributed by atoms with Crippen LogP contribution in [0.4, 0.5) is 0 Å². The normalized spacial score (nSPS) is 16.6. The van der Waals surface area contributed by atoms with E-state index in [1.54, 1.807) is 0 Å². The van der Waals surface area contributed by atoms with Crippen molar-refractivity contribution in [3.05, 3.63) is 71.0 Å². The summed E-state index contributed by atoms with van der Waals surface area (Å²) in [4.78, 5) is 18.8. The third kappa shape index (κ3) is 10.7. The molecule has 2 aliphatic rings. The Kier molecular flexibility index (Phi) is 13.6. The fraction of sp³-hybridized carbons (Fsp3) is 0.576. The highest BCUT2D eigenvalue weighted by atomic mass is 16.5. The monoisotopic (exact) mass is 552 g/mol. The number of aryl methyl sites for hydroxylation is 1. The van der Waals surface area contributed by atoms with Gasteiger partial charge >= 0.3 is 5.97 Å². The number of oxazole rings is 1. The second-order valence-corrected chi connectivity index (χ2v) is 10.9. The summed E-state index contributed by atoms with van der Waals surface area (Å²) in [6.45, 7) is 8.21. The largest absolute Gasteiger partial charge is 0.466 e. The van der Waals surface area contributed by atoms with Gasteiger partial charge in [-0.3, -0.25) is 4.79 Å². The van der Waals surface area contributed by atoms with E-state index < -0.39 is 0 Å². The first kappa shape index (κ1) is 31.8. The van der Waals surface area contributed by atoms with Gasteiger partial charge in [-0.2, -0.15) is 0 Å². The molecule has 1 heterocycles. The molecule has 1 N–H and O–H groups in total. The van der Waals surface area contributed by atoms with Gasteiger partial charge in [0.05, 0.1) is 31.8 Å². The number of hydrogen-bond acceptors (Lipinski definition) is 7. The number of aliphatic hydroxyl groups excluding tert-OH is 1. The molecule has 2 aromatic rings. The van der Waals surface area contributed by atoms with Gasteiger partial charge in [-0.05, 0) is 65.5 Å². The summed E-state index contributed by atoms with van der Waals surface area (Å²) >= 11 is 0. The zero-order valence-electron chi connectivity index (χ0n) is 24.9. The van der Waals surface area contributed by atoms with Crippen molar-refractivity contribution in [1.82, 2.24) is 9.88 Å². The van der Waals surface area contributed by atoms with E-state index >= 15 is 0 Å². The number of allylic oxidation sites excluding steroid dienone is 4. The van der Waals surface area contributed by atoms with Gasteiger partial charge in [0.25, 0.3) is 0 Å². The van der Waals surface area contributed by atoms with Gasteiger partial charge in [-0.25, -0.2) is 4.98 Å². The molecule has 1 unspecified atom stereocenters. The molecule has 1 saturated carbocycles. The van der Waals surface area contributed by atoms with Crippen molar-refractivity contribution in [2.45, 2.75) is 84.8 Å². The minimum atomic E-state index is -0.206. The SMILES string of the molecule is CC1=CC(c2nc(CO)c(C)o2)=CCC1.CCOC(=O)C(COC1CCCCC1)CN(C)CCc1ccccc1. The molecule has 2 aliphatic carbocycles. The van der Waals surface area contributed by atoms with E-state index in [1.165, 1.54) is 30.4 Å². The van der Waals surface area contributed by atoms with Crippen LogP contribution in [0.15, 0.2) is 52.5 Å². The molecular weight excluding hydrogens is 504 g/mol. The molecule has 0 bridgehead atoms. The number of hydrogen-bond donors (Lipinski definition) is 1. The molecule has 7 nitrogen and oxygen atoms in total. The lowest BCUT2D eigenvalue weighted by Gasteiger charge is -2.26. The first-order valence-corrected chi connectivity index (χ1v) is 14.8. The van der Waals surface area contributed by atoms with Crippen LogP contribution in [-0.4, -0.2) is 60.4 Å². The van der Waals surface area contributed by atoms with Gasteiger partial charge in [-0.1, -0.05) is 67.3 Å². The molecule has 220 valence electrons. The van der Waals surface area contributed by atoms with E-state index in [9.17, 15) is 4.79 Å². The van der Waals surface area contributed by atoms with Crippen LogP contribution in [0.25, 0.3) is 5.57 Å². The number of aliphatic hydroxyl groups is 1. The van der Waals surface area contributed by atoms with Crippen molar-refractivity contribution in [2.24, 2.45) is 5.92 Å². The summed E-state index contributed by atoms with van der Waals surface area (Å²) in [6.07, 6.45) is 13.7. The van der Waals surface area contributed by atoms with Crippen LogP contribution < -0.4 is 0 Å². The van der Waals surface area contributed by atoms with E-state index in [0.717, 1.165) is 44.2 Å². The van der Waals surface area contributed by atoms with E-state index in [0.29, 0.717) is 43.2 Å². The predicted molar refractivity (Wildman–Crippen MR) is 159 cm³/mol. The Labute approximate surface area is 240 Å². The maximum absolute atomic E-state index is 12.3. The molecule has 1 aromatic heterocycles. The highest BCUT2D eigenvalue weighted by molar-refractivity contribution is 5.73. The molecular formula is C33H48N2O5. The van der Waals surface area contributed by atoms with Gasteiger partial charge in [-0.15, -0.1) is 0 Å². The number of aromatic nitrogens is 1. The van der Waals surface area contributed by atoms with Crippen LogP contribution >= 0.6 is 0 Å². The minimum Gasteiger partial charge on any atom is -0.466 e. The second-order valence-electron chi connectivity index (χ2n) is 10.9. The Morgan fingerprint density at radius 3 is 2.58 bits per heavy atom. The molecule has 0 amide bonds. The topological polar surface area (TPSA) is 85.0 Å². The number of nitrogens with zero attached hydrogens (tertiary/aromatic N) is 2. The molecule has 0 aliphatic heterocycles. The van der Waals surface area contributed by atoms with Crippen molar-refractivity contribution < 1.29 is 23.8 Å². The number of rotatable bonds is 12. The van der Waals surface area contributed by atoms with Crippen molar-refractivity contribution >= 4 is 11.5 Å². The highest BCUT2D eigenvalue weighted by Crippen LogP contribution is 2.26. The molecule has 4 rings (SSSR count). The quantitative estimate of drug-likeness (QED) is 0.310. The van der Waals surface area contributed by atoms with E-state index in [2.05, 4.69) is 60.3 Å². The summed E-state index contributed by atoms with van der Waals surface area (Å²) in [7, 11) is 2.07. The van der Waals surface area contributed by atoms with E-state index in [1.807, 2.05) is 19.9 Å². The maximum Gasteiger partial charge on any atom is 0.312 e. The lowest BCUT2D eigenvalue weighted by Crippen LogP contribution is -2.36. The number of benzene rings is 1. The number of ether oxygens (including phenoxy) is 2. The summed E-state index contributed by atoms with van der Waals surface area (Å²) in [5, 5.41) is 9.02. The van der Waals surface area contributed by atoms with Crippen molar-refractivity contribution in [3.63, 3.8) is 0 Å². The Morgan fingerprint density at radius 2 is 1.93 bits per heavy atom. The summed E-state index contributed by atoms with van der Waals surface area (Å²) in [5.41, 5.74) is 4.32. The van der Waals surface area contributed by atoms with E-state index in [4.69, 9.17) is 19.0 Å². The van der Waals surface area contributed by atoms with Crippen LogP contribution in [0, 0.1) is 12.8 Å². The summed E-state index contributed by atoms with van der Waals surface area (Å²) in [6, 6.07) is 10.4. The zero-order chi connectivity index (χ0) is 28.7. The Hall–Kier alpha value is -2.74. The maximum atomic E-state index is 12.3. The first-order chi connectivity index (χ1) is 19.4. The number of esters is 1. The summed E-state index contributed by atoms with van der Waals surface area (Å²) < 4.78 is 16.8. The molecule has 0 spiro atoms. The van der Waals surface area contributed by atoms with Crippen molar-refractivity contribution in [3.8, 4) is 0 Å². The summed E-state index contributed by atoms with van der Waals surface area (Å²) in [5.74, 6) is 0.980. The van der Waals surface area contributed by atoms with Crippen LogP contribution in [-0.2, 0) is 27.3 Å². The lowest BCUT2D eigenvalue weighted by atomic mass is 9.97. The first-order valence-electron chi connectivity index (χ1n) is 14.8. The average molecular weight is 553 g/mol. The Morgan fingerprint density at radius 1 is 1.18 bits per heavy atom. The second kappa shape index (κ2) is 17.2. The van der Waals surface area contributed by atoms with E-state index in [-0.39, 0.29) is 18.5 Å². The van der Waals surface area contributed by atoms with Crippen LogP contribution in [0.1, 0.15) is 81.7 Å². The van der Waals surface area contributed by atoms with Crippen LogP contribution in [0.3, 0.4) is 0 Å². The Balaban J connectivity index is 0.000000249. The average Bonchev–Trinajstić information content (AvgIpc) is 3.36. The third-order valence-electron chi connectivity index (χ3n) is 7.46. The Bertz CT molecular complexity index is 1090. The molecule has 7 heteroatoms. The number of carbonyl (C=O) groups is 1. The lowest BCUT2D eigenvalue weighted by molar-refractivity contribution is -0.152. The standard InChI is InChI=1S/C21H33NO3.C12H15NO2/c1-3-24-21(23)19(17-25-20-12-8-5-9-13-20)16-22(2)15-14-18-10-6-4-7-11-18;1-8-4-3-5-10(6-8)12-13-11(7-14)9(2)15-12/h4,6-7,10-11,19-20H,3,5,8-9,12-17H2,1-2H3;5-6,14H,3-4,7H2,1-2H3. The van der Waals surface area contributed by atoms with Gasteiger partial charge in [0, 0.05) is 18.7 Å². The van der Waals surface area contributed by atoms with Gasteiger partial charge in [0.1, 0.15) is 11.5 Å². The van der Waals surface area contributed by atoms with Crippen LogP contribution in [0.2, 0.25) is 0 Å². The number of likely N-dealkylation sites (N-methyl/N-ethyl adjacent to an activating group) is 1. The smallest absolute Gasteiger partial charge is 0.312 e. The van der Waals surface area contributed by atoms with Crippen molar-refractivity contribution in [2.75, 3.05) is 33.4 Å². The predicted octanol–water partition coefficient (Wildman–Crippen LogP) is 6.29. The fourth-order valence-electron chi connectivity index (χ4n) is 5.07. The van der Waals surface area contributed by atoms with Gasteiger partial charge in [0.2, 0.25) is 5.89 Å². The molecule has 40 heavy (non-hydrogen) atoms. The van der Waals surface area contributed by atoms with Gasteiger partial charge in [0.15, 0.2) is 0 Å². The van der Waals surface area contributed by atoms with Crippen LogP contribution in [0.5, 0.6) is 0 Å². The third-order valence-corrected chi connectivity index (χ3v) is 7.46. The fourth-order valence-corrected chi connectivity index (χ4v) is 5.07. The zero-order valence-corrected chi connectivity index (χ0v) is 24.9. The van der Waals surface area contributed by atoms with Gasteiger partial charge < -0.3 is 23.9 Å². The molecule has 0 saturated heterocycles. The molecule has 1 aromatic carbocycles. The number of carbonyl (C=O) groups excluding carboxylic acids is 1. The molecule has 1 atom stereocenters. The van der Waals surface area contributed by atoms with Crippen molar-refractivity contribution in [1.29, 1.82) is 0 Å². The molecule has 0 radical (unpaired) electrons. The highest BCUT2D eigenvalue weighted by Gasteiger charge is 2.24.